The second-order valence-electron chi connectivity index (χ2n) is 7.19. The minimum absolute atomic E-state index is 0.0501. The van der Waals surface area contributed by atoms with Crippen LogP contribution in [-0.4, -0.2) is 68.5 Å². The van der Waals surface area contributed by atoms with Crippen molar-refractivity contribution in [1.82, 2.24) is 15.1 Å². The van der Waals surface area contributed by atoms with E-state index in [1.807, 2.05) is 17.0 Å². The Morgan fingerprint density at radius 1 is 1.17 bits per heavy atom. The molecule has 2 aromatic rings. The maximum absolute atomic E-state index is 12.4. The second-order valence-corrected chi connectivity index (χ2v) is 7.19. The minimum atomic E-state index is -0.0501. The molecule has 1 aromatic heterocycles. The van der Waals surface area contributed by atoms with Gasteiger partial charge in [0, 0.05) is 39.8 Å². The number of furan rings is 1. The Hall–Kier alpha value is -2.96. The van der Waals surface area contributed by atoms with Gasteiger partial charge in [-0.1, -0.05) is 19.1 Å². The number of methoxy groups -OCH3 is 1. The molecule has 1 saturated heterocycles. The number of ether oxygens (including phenoxy) is 1. The van der Waals surface area contributed by atoms with Crippen LogP contribution in [0.2, 0.25) is 0 Å². The molecule has 2 heterocycles. The Kier molecular flexibility index (Phi) is 7.16. The number of guanidine groups is 1. The van der Waals surface area contributed by atoms with Gasteiger partial charge in [-0.05, 0) is 42.2 Å². The number of piperazine rings is 1. The lowest BCUT2D eigenvalue weighted by Crippen LogP contribution is -2.53. The monoisotopic (exact) mass is 398 g/mol. The van der Waals surface area contributed by atoms with Crippen molar-refractivity contribution < 1.29 is 13.9 Å². The third-order valence-electron chi connectivity index (χ3n) is 5.36. The van der Waals surface area contributed by atoms with E-state index in [0.717, 1.165) is 37.8 Å². The number of carbonyl (C=O) groups excluding carboxylic acids is 1. The quantitative estimate of drug-likeness (QED) is 0.599. The molecule has 1 aliphatic rings. The summed E-state index contributed by atoms with van der Waals surface area (Å²) in [5.41, 5.74) is 1.30. The number of benzene rings is 1. The van der Waals surface area contributed by atoms with Crippen molar-refractivity contribution >= 4 is 11.9 Å². The van der Waals surface area contributed by atoms with Gasteiger partial charge in [0.2, 0.25) is 0 Å². The molecule has 0 saturated carbocycles. The van der Waals surface area contributed by atoms with Gasteiger partial charge in [-0.25, -0.2) is 0 Å². The summed E-state index contributed by atoms with van der Waals surface area (Å²) in [6.07, 6.45) is 2.53. The first-order chi connectivity index (χ1) is 14.1. The summed E-state index contributed by atoms with van der Waals surface area (Å²) in [6.45, 7) is 5.88. The Morgan fingerprint density at radius 3 is 2.45 bits per heavy atom. The van der Waals surface area contributed by atoms with Gasteiger partial charge in [0.05, 0.1) is 13.4 Å². The van der Waals surface area contributed by atoms with Crippen molar-refractivity contribution in [2.45, 2.75) is 19.3 Å². The Bertz CT molecular complexity index is 794. The highest BCUT2D eigenvalue weighted by Gasteiger charge is 2.25. The standard InChI is InChI=1S/C22H30N4O3/c1-17(18-6-8-19(28-3)9-7-18)10-11-24-22(23-2)26-14-12-25(13-15-26)21(27)20-5-4-16-29-20/h4-9,16-17H,10-15H2,1-3H3,(H,23,24). The van der Waals surface area contributed by atoms with Crippen molar-refractivity contribution in [3.05, 3.63) is 54.0 Å². The number of nitrogens with one attached hydrogen (secondary N) is 1. The molecule has 0 aliphatic carbocycles. The van der Waals surface area contributed by atoms with Crippen LogP contribution in [0.3, 0.4) is 0 Å². The average Bonchev–Trinajstić information content (AvgIpc) is 3.31. The summed E-state index contributed by atoms with van der Waals surface area (Å²) in [5, 5.41) is 3.46. The highest BCUT2D eigenvalue weighted by atomic mass is 16.5. The Labute approximate surface area is 172 Å². The van der Waals surface area contributed by atoms with Gasteiger partial charge < -0.3 is 24.3 Å². The van der Waals surface area contributed by atoms with Gasteiger partial charge in [-0.15, -0.1) is 0 Å². The molecule has 3 rings (SSSR count). The largest absolute Gasteiger partial charge is 0.497 e. The molecule has 7 nitrogen and oxygen atoms in total. The topological polar surface area (TPSA) is 70.3 Å². The average molecular weight is 399 g/mol. The molecule has 29 heavy (non-hydrogen) atoms. The number of hydrogen-bond acceptors (Lipinski definition) is 4. The fraction of sp³-hybridized carbons (Fsp3) is 0.455. The summed E-state index contributed by atoms with van der Waals surface area (Å²) < 4.78 is 10.4. The van der Waals surface area contributed by atoms with Gasteiger partial charge in [0.15, 0.2) is 11.7 Å². The van der Waals surface area contributed by atoms with Gasteiger partial charge >= 0.3 is 0 Å². The lowest BCUT2D eigenvalue weighted by atomic mass is 9.98. The first kappa shape index (κ1) is 20.8. The number of amides is 1. The normalized spacial score (nSPS) is 15.9. The molecule has 1 aromatic carbocycles. The third kappa shape index (κ3) is 5.31. The zero-order valence-corrected chi connectivity index (χ0v) is 17.4. The fourth-order valence-corrected chi connectivity index (χ4v) is 3.51. The lowest BCUT2D eigenvalue weighted by Gasteiger charge is -2.36. The van der Waals surface area contributed by atoms with Crippen molar-refractivity contribution in [3.63, 3.8) is 0 Å². The van der Waals surface area contributed by atoms with E-state index in [0.29, 0.717) is 24.8 Å². The molecule has 1 aliphatic heterocycles. The Morgan fingerprint density at radius 2 is 1.86 bits per heavy atom. The van der Waals surface area contributed by atoms with E-state index in [1.165, 1.54) is 11.8 Å². The number of rotatable bonds is 6. The summed E-state index contributed by atoms with van der Waals surface area (Å²) in [4.78, 5) is 20.8. The second kappa shape index (κ2) is 10.0. The first-order valence-corrected chi connectivity index (χ1v) is 10.0. The predicted octanol–water partition coefficient (Wildman–Crippen LogP) is 2.82. The number of hydrogen-bond donors (Lipinski definition) is 1. The van der Waals surface area contributed by atoms with Crippen LogP contribution in [0.4, 0.5) is 0 Å². The van der Waals surface area contributed by atoms with Gasteiger partial charge in [0.25, 0.3) is 5.91 Å². The number of aliphatic imine (C=N–C) groups is 1. The molecular weight excluding hydrogens is 368 g/mol. The highest BCUT2D eigenvalue weighted by molar-refractivity contribution is 5.91. The van der Waals surface area contributed by atoms with Crippen LogP contribution in [0.5, 0.6) is 5.75 Å². The molecule has 1 amide bonds. The minimum Gasteiger partial charge on any atom is -0.497 e. The zero-order chi connectivity index (χ0) is 20.6. The molecule has 1 unspecified atom stereocenters. The SMILES string of the molecule is CN=C(NCCC(C)c1ccc(OC)cc1)N1CCN(C(=O)c2ccco2)CC1. The maximum atomic E-state index is 12.4. The molecule has 1 atom stereocenters. The molecule has 156 valence electrons. The van der Waals surface area contributed by atoms with E-state index in [9.17, 15) is 4.79 Å². The number of carbonyl (C=O) groups is 1. The third-order valence-corrected chi connectivity index (χ3v) is 5.36. The van der Waals surface area contributed by atoms with E-state index in [-0.39, 0.29) is 5.91 Å². The molecule has 0 radical (unpaired) electrons. The van der Waals surface area contributed by atoms with Crippen LogP contribution >= 0.6 is 0 Å². The molecule has 7 heteroatoms. The molecule has 0 bridgehead atoms. The van der Waals surface area contributed by atoms with E-state index < -0.39 is 0 Å². The van der Waals surface area contributed by atoms with Gasteiger partial charge in [-0.3, -0.25) is 9.79 Å². The van der Waals surface area contributed by atoms with Crippen LogP contribution in [0.15, 0.2) is 52.1 Å². The van der Waals surface area contributed by atoms with Crippen LogP contribution in [-0.2, 0) is 0 Å². The predicted molar refractivity (Wildman–Crippen MR) is 114 cm³/mol. The van der Waals surface area contributed by atoms with E-state index in [4.69, 9.17) is 9.15 Å². The lowest BCUT2D eigenvalue weighted by molar-refractivity contribution is 0.0657. The first-order valence-electron chi connectivity index (χ1n) is 10.0. The Balaban J connectivity index is 1.44. The van der Waals surface area contributed by atoms with Crippen molar-refractivity contribution in [1.29, 1.82) is 0 Å². The summed E-state index contributed by atoms with van der Waals surface area (Å²) in [7, 11) is 3.48. The highest BCUT2D eigenvalue weighted by Crippen LogP contribution is 2.21. The van der Waals surface area contributed by atoms with Crippen molar-refractivity contribution in [2.75, 3.05) is 46.9 Å². The zero-order valence-electron chi connectivity index (χ0n) is 17.4. The van der Waals surface area contributed by atoms with Crippen molar-refractivity contribution in [2.24, 2.45) is 4.99 Å². The summed E-state index contributed by atoms with van der Waals surface area (Å²) in [6, 6.07) is 11.7. The van der Waals surface area contributed by atoms with Crippen LogP contribution in [0, 0.1) is 0 Å². The molecule has 0 spiro atoms. The molecular formula is C22H30N4O3. The van der Waals surface area contributed by atoms with Crippen molar-refractivity contribution in [3.8, 4) is 5.75 Å². The van der Waals surface area contributed by atoms with Crippen LogP contribution in [0.1, 0.15) is 35.4 Å². The van der Waals surface area contributed by atoms with Gasteiger partial charge in [0.1, 0.15) is 5.75 Å². The molecule has 1 N–H and O–H groups in total. The van der Waals surface area contributed by atoms with Crippen LogP contribution < -0.4 is 10.1 Å². The van der Waals surface area contributed by atoms with Crippen LogP contribution in [0.25, 0.3) is 0 Å². The summed E-state index contributed by atoms with van der Waals surface area (Å²) >= 11 is 0. The van der Waals surface area contributed by atoms with E-state index in [1.54, 1.807) is 26.3 Å². The van der Waals surface area contributed by atoms with E-state index >= 15 is 0 Å². The fourth-order valence-electron chi connectivity index (χ4n) is 3.51. The maximum Gasteiger partial charge on any atom is 0.289 e. The smallest absolute Gasteiger partial charge is 0.289 e. The number of nitrogens with zero attached hydrogens (tertiary/aromatic N) is 3. The molecule has 1 fully saturated rings. The van der Waals surface area contributed by atoms with Gasteiger partial charge in [-0.2, -0.15) is 0 Å². The van der Waals surface area contributed by atoms with E-state index in [2.05, 4.69) is 34.3 Å². The summed E-state index contributed by atoms with van der Waals surface area (Å²) in [5.74, 6) is 2.55.